The molecule has 0 unspecified atom stereocenters. The van der Waals surface area contributed by atoms with Crippen LogP contribution in [-0.2, 0) is 15.6 Å². The van der Waals surface area contributed by atoms with Crippen LogP contribution in [0.1, 0.15) is 26.3 Å². The van der Waals surface area contributed by atoms with E-state index in [1.54, 1.807) is 30.3 Å². The number of amides is 2. The molecule has 0 aliphatic heterocycles. The number of hydrogen-bond acceptors (Lipinski definition) is 4. The molecule has 2 rings (SSSR count). The number of carbonyl (C=O) groups is 2. The lowest BCUT2D eigenvalue weighted by Crippen LogP contribution is -2.41. The van der Waals surface area contributed by atoms with E-state index in [-0.39, 0.29) is 21.9 Å². The fraction of sp³-hybridized carbons (Fsp3) is 0.125. The first-order chi connectivity index (χ1) is 11.3. The number of nitrogens with one attached hydrogen (secondary N) is 2. The largest absolute Gasteiger partial charge is 0.271 e. The van der Waals surface area contributed by atoms with Crippen molar-refractivity contribution in [1.29, 1.82) is 0 Å². The maximum atomic E-state index is 12.0. The van der Waals surface area contributed by atoms with E-state index in [9.17, 15) is 18.0 Å². The van der Waals surface area contributed by atoms with Crippen LogP contribution in [-0.4, -0.2) is 26.5 Å². The molecule has 2 aromatic carbocycles. The van der Waals surface area contributed by atoms with Gasteiger partial charge < -0.3 is 0 Å². The zero-order chi connectivity index (χ0) is 17.7. The molecule has 0 heterocycles. The van der Waals surface area contributed by atoms with Crippen molar-refractivity contribution in [3.63, 3.8) is 0 Å². The maximum Gasteiger partial charge on any atom is 0.271 e. The molecule has 2 N–H and O–H groups in total. The van der Waals surface area contributed by atoms with Gasteiger partial charge in [-0.25, -0.2) is 8.42 Å². The Morgan fingerprint density at radius 2 is 1.54 bits per heavy atom. The molecule has 2 aromatic rings. The van der Waals surface area contributed by atoms with Gasteiger partial charge in [0.25, 0.3) is 11.8 Å². The molecule has 24 heavy (non-hydrogen) atoms. The van der Waals surface area contributed by atoms with Gasteiger partial charge in [0, 0.05) is 11.8 Å². The normalized spacial score (nSPS) is 10.9. The molecule has 6 nitrogen and oxygen atoms in total. The Morgan fingerprint density at radius 1 is 0.958 bits per heavy atom. The van der Waals surface area contributed by atoms with E-state index in [4.69, 9.17) is 11.6 Å². The van der Waals surface area contributed by atoms with Gasteiger partial charge in [-0.1, -0.05) is 35.9 Å². The molecule has 0 saturated carbocycles. The molecule has 0 aliphatic rings. The van der Waals surface area contributed by atoms with Crippen LogP contribution < -0.4 is 10.9 Å². The maximum absolute atomic E-state index is 12.0. The second-order valence-electron chi connectivity index (χ2n) is 5.16. The van der Waals surface area contributed by atoms with Gasteiger partial charge in [0.05, 0.1) is 16.3 Å². The van der Waals surface area contributed by atoms with Crippen LogP contribution in [0.2, 0.25) is 5.02 Å². The van der Waals surface area contributed by atoms with E-state index >= 15 is 0 Å². The minimum absolute atomic E-state index is 0.0991. The summed E-state index contributed by atoms with van der Waals surface area (Å²) in [5, 5.41) is 0.273. The van der Waals surface area contributed by atoms with Crippen LogP contribution in [0, 0.1) is 0 Å². The predicted octanol–water partition coefficient (Wildman–Crippen LogP) is 1.96. The molecule has 0 aliphatic carbocycles. The fourth-order valence-electron chi connectivity index (χ4n) is 1.95. The first kappa shape index (κ1) is 18.0. The van der Waals surface area contributed by atoms with E-state index in [1.807, 2.05) is 0 Å². The van der Waals surface area contributed by atoms with E-state index in [1.165, 1.54) is 18.2 Å². The van der Waals surface area contributed by atoms with Crippen LogP contribution >= 0.6 is 11.6 Å². The Morgan fingerprint density at radius 3 is 2.12 bits per heavy atom. The van der Waals surface area contributed by atoms with Crippen molar-refractivity contribution < 1.29 is 18.0 Å². The molecule has 0 atom stereocenters. The number of rotatable bonds is 4. The van der Waals surface area contributed by atoms with E-state index < -0.39 is 21.7 Å². The lowest BCUT2D eigenvalue weighted by molar-refractivity contribution is 0.0846. The summed E-state index contributed by atoms with van der Waals surface area (Å²) in [4.78, 5) is 23.9. The first-order valence-electron chi connectivity index (χ1n) is 6.88. The molecule has 0 bridgehead atoms. The Kier molecular flexibility index (Phi) is 5.58. The Labute approximate surface area is 144 Å². The summed E-state index contributed by atoms with van der Waals surface area (Å²) in [6.45, 7) is 0. The molecule has 0 radical (unpaired) electrons. The van der Waals surface area contributed by atoms with E-state index in [0.29, 0.717) is 5.56 Å². The fourth-order valence-corrected chi connectivity index (χ4v) is 2.97. The third kappa shape index (κ3) is 5.07. The van der Waals surface area contributed by atoms with Crippen molar-refractivity contribution in [2.75, 3.05) is 6.26 Å². The van der Waals surface area contributed by atoms with Crippen molar-refractivity contribution in [2.45, 2.75) is 5.75 Å². The van der Waals surface area contributed by atoms with Gasteiger partial charge in [-0.15, -0.1) is 0 Å². The summed E-state index contributed by atoms with van der Waals surface area (Å²) in [5.41, 5.74) is 5.65. The average Bonchev–Trinajstić information content (AvgIpc) is 2.52. The number of benzene rings is 2. The van der Waals surface area contributed by atoms with Crippen molar-refractivity contribution in [3.05, 3.63) is 70.2 Å². The van der Waals surface area contributed by atoms with E-state index in [2.05, 4.69) is 10.9 Å². The number of halogens is 1. The molecular formula is C16H15ClN2O4S. The van der Waals surface area contributed by atoms with Gasteiger partial charge in [-0.2, -0.15) is 0 Å². The second kappa shape index (κ2) is 7.46. The second-order valence-corrected chi connectivity index (χ2v) is 7.70. The molecule has 0 saturated heterocycles. The average molecular weight is 367 g/mol. The summed E-state index contributed by atoms with van der Waals surface area (Å²) in [5.74, 6) is -1.16. The van der Waals surface area contributed by atoms with Gasteiger partial charge in [0.15, 0.2) is 9.84 Å². The number of hydrogen-bond donors (Lipinski definition) is 2. The highest BCUT2D eigenvalue weighted by Crippen LogP contribution is 2.14. The van der Waals surface area contributed by atoms with Gasteiger partial charge in [-0.05, 0) is 29.8 Å². The Hall–Kier alpha value is -2.38. The molecule has 2 amide bonds. The summed E-state index contributed by atoms with van der Waals surface area (Å²) in [6.07, 6.45) is 1.14. The zero-order valence-corrected chi connectivity index (χ0v) is 14.3. The first-order valence-corrected chi connectivity index (χ1v) is 9.32. The minimum Gasteiger partial charge on any atom is -0.267 e. The van der Waals surface area contributed by atoms with Crippen molar-refractivity contribution in [3.8, 4) is 0 Å². The third-order valence-corrected chi connectivity index (χ3v) is 4.24. The standard InChI is InChI=1S/C16H15ClN2O4S/c1-24(22,23)10-11-6-8-12(9-7-11)15(20)18-19-16(21)13-4-2-3-5-14(13)17/h2-9H,10H2,1H3,(H,18,20)(H,19,21). The van der Waals surface area contributed by atoms with Crippen LogP contribution in [0.25, 0.3) is 0 Å². The van der Waals surface area contributed by atoms with Gasteiger partial charge >= 0.3 is 0 Å². The summed E-state index contributed by atoms with van der Waals surface area (Å²) < 4.78 is 22.4. The monoisotopic (exact) mass is 366 g/mol. The number of carbonyl (C=O) groups excluding carboxylic acids is 2. The highest BCUT2D eigenvalue weighted by molar-refractivity contribution is 7.89. The molecule has 8 heteroatoms. The van der Waals surface area contributed by atoms with Crippen LogP contribution in [0.3, 0.4) is 0 Å². The molecule has 0 aromatic heterocycles. The van der Waals surface area contributed by atoms with Crippen LogP contribution in [0.4, 0.5) is 0 Å². The molecule has 126 valence electrons. The molecular weight excluding hydrogens is 352 g/mol. The van der Waals surface area contributed by atoms with Crippen molar-refractivity contribution >= 4 is 33.3 Å². The van der Waals surface area contributed by atoms with Crippen LogP contribution in [0.5, 0.6) is 0 Å². The van der Waals surface area contributed by atoms with Crippen molar-refractivity contribution in [1.82, 2.24) is 10.9 Å². The SMILES string of the molecule is CS(=O)(=O)Cc1ccc(C(=O)NNC(=O)c2ccccc2Cl)cc1. The van der Waals surface area contributed by atoms with Gasteiger partial charge in [0.1, 0.15) is 0 Å². The lowest BCUT2D eigenvalue weighted by Gasteiger charge is -2.09. The van der Waals surface area contributed by atoms with Crippen molar-refractivity contribution in [2.24, 2.45) is 0 Å². The predicted molar refractivity (Wildman–Crippen MR) is 91.4 cm³/mol. The zero-order valence-electron chi connectivity index (χ0n) is 12.7. The van der Waals surface area contributed by atoms with E-state index in [0.717, 1.165) is 6.26 Å². The summed E-state index contributed by atoms with van der Waals surface area (Å²) in [7, 11) is -3.14. The third-order valence-electron chi connectivity index (χ3n) is 3.05. The molecule has 0 spiro atoms. The van der Waals surface area contributed by atoms with Gasteiger partial charge in [-0.3, -0.25) is 20.4 Å². The Bertz CT molecular complexity index is 864. The quantitative estimate of drug-likeness (QED) is 0.809. The topological polar surface area (TPSA) is 92.3 Å². The smallest absolute Gasteiger partial charge is 0.267 e. The van der Waals surface area contributed by atoms with Gasteiger partial charge in [0.2, 0.25) is 0 Å². The lowest BCUT2D eigenvalue weighted by atomic mass is 10.1. The summed E-state index contributed by atoms with van der Waals surface area (Å²) >= 11 is 5.90. The highest BCUT2D eigenvalue weighted by atomic mass is 35.5. The summed E-state index contributed by atoms with van der Waals surface area (Å²) in [6, 6.07) is 12.5. The highest BCUT2D eigenvalue weighted by Gasteiger charge is 2.12. The number of sulfone groups is 1. The number of hydrazine groups is 1. The van der Waals surface area contributed by atoms with Crippen LogP contribution in [0.15, 0.2) is 48.5 Å². The Balaban J connectivity index is 1.98. The molecule has 0 fully saturated rings. The minimum atomic E-state index is -3.14.